The molecule has 1 N–H and O–H groups in total. The summed E-state index contributed by atoms with van der Waals surface area (Å²) in [4.78, 5) is 0. The van der Waals surface area contributed by atoms with Gasteiger partial charge in [0.25, 0.3) is 0 Å². The molecule has 0 aliphatic heterocycles. The molecule has 0 saturated carbocycles. The van der Waals surface area contributed by atoms with Crippen LogP contribution in [0.1, 0.15) is 47.4 Å². The predicted molar refractivity (Wildman–Crippen MR) is 99.1 cm³/mol. The van der Waals surface area contributed by atoms with Crippen LogP contribution in [0.25, 0.3) is 0 Å². The van der Waals surface area contributed by atoms with Crippen molar-refractivity contribution in [3.8, 4) is 0 Å². The molecule has 3 atom stereocenters. The van der Waals surface area contributed by atoms with Gasteiger partial charge in [-0.3, -0.25) is 0 Å². The third-order valence-corrected chi connectivity index (χ3v) is 6.19. The smallest absolute Gasteiger partial charge is 0.0707 e. The number of methoxy groups -OCH3 is 1. The van der Waals surface area contributed by atoms with Crippen LogP contribution in [-0.2, 0) is 10.2 Å². The van der Waals surface area contributed by atoms with Crippen molar-refractivity contribution in [1.29, 1.82) is 0 Å². The van der Waals surface area contributed by atoms with Crippen LogP contribution < -0.4 is 5.32 Å². The van der Waals surface area contributed by atoms with Gasteiger partial charge in [0.05, 0.1) is 6.10 Å². The molecule has 0 fully saturated rings. The Kier molecular flexibility index (Phi) is 4.16. The summed E-state index contributed by atoms with van der Waals surface area (Å²) >= 11 is 6.39. The minimum Gasteiger partial charge on any atom is -0.380 e. The van der Waals surface area contributed by atoms with Crippen molar-refractivity contribution in [3.05, 3.63) is 69.7 Å². The Morgan fingerprint density at radius 1 is 1.21 bits per heavy atom. The minimum atomic E-state index is 0.0170. The van der Waals surface area contributed by atoms with Gasteiger partial charge in [0.1, 0.15) is 0 Å². The Balaban J connectivity index is 1.90. The fraction of sp³-hybridized carbons (Fsp3) is 0.429. The van der Waals surface area contributed by atoms with Crippen molar-refractivity contribution in [3.63, 3.8) is 0 Å². The lowest BCUT2D eigenvalue weighted by atomic mass is 9.53. The Hall–Kier alpha value is -1.35. The first-order chi connectivity index (χ1) is 11.7. The molecule has 2 aromatic carbocycles. The van der Waals surface area contributed by atoms with Gasteiger partial charge in [0.15, 0.2) is 0 Å². The molecule has 3 aliphatic rings. The van der Waals surface area contributed by atoms with Gasteiger partial charge in [-0.15, -0.1) is 0 Å². The SMILES string of the molecule is CNCC(CC12CCC(c3ccccc31)c1ccc(Cl)cc12)OC. The molecule has 0 heterocycles. The van der Waals surface area contributed by atoms with E-state index >= 15 is 0 Å². The van der Waals surface area contributed by atoms with Gasteiger partial charge in [-0.05, 0) is 60.7 Å². The number of fused-ring (bicyclic) bond motifs is 1. The van der Waals surface area contributed by atoms with E-state index < -0.39 is 0 Å². The fourth-order valence-electron chi connectivity index (χ4n) is 4.94. The Morgan fingerprint density at radius 3 is 2.79 bits per heavy atom. The molecule has 0 radical (unpaired) electrons. The normalized spacial score (nSPS) is 25.2. The van der Waals surface area contributed by atoms with E-state index in [1.54, 1.807) is 0 Å². The van der Waals surface area contributed by atoms with Crippen LogP contribution in [-0.4, -0.2) is 26.8 Å². The summed E-state index contributed by atoms with van der Waals surface area (Å²) in [6, 6.07) is 15.5. The van der Waals surface area contributed by atoms with Crippen molar-refractivity contribution in [1.82, 2.24) is 5.32 Å². The monoisotopic (exact) mass is 341 g/mol. The van der Waals surface area contributed by atoms with Gasteiger partial charge in [0, 0.05) is 30.0 Å². The second-order valence-electron chi connectivity index (χ2n) is 7.11. The number of hydrogen-bond donors (Lipinski definition) is 1. The fourth-order valence-corrected chi connectivity index (χ4v) is 5.12. The molecular weight excluding hydrogens is 318 g/mol. The topological polar surface area (TPSA) is 21.3 Å². The van der Waals surface area contributed by atoms with Gasteiger partial charge >= 0.3 is 0 Å². The van der Waals surface area contributed by atoms with Crippen molar-refractivity contribution in [2.24, 2.45) is 0 Å². The highest BCUT2D eigenvalue weighted by atomic mass is 35.5. The number of hydrogen-bond acceptors (Lipinski definition) is 2. The number of nitrogens with one attached hydrogen (secondary N) is 1. The van der Waals surface area contributed by atoms with Crippen molar-refractivity contribution in [2.45, 2.75) is 36.7 Å². The molecule has 0 aromatic heterocycles. The van der Waals surface area contributed by atoms with E-state index in [9.17, 15) is 0 Å². The molecule has 24 heavy (non-hydrogen) atoms. The lowest BCUT2D eigenvalue weighted by molar-refractivity contribution is 0.0741. The molecule has 2 nitrogen and oxygen atoms in total. The van der Waals surface area contributed by atoms with E-state index in [1.807, 2.05) is 20.2 Å². The molecule has 0 spiro atoms. The lowest BCUT2D eigenvalue weighted by Crippen LogP contribution is -2.44. The van der Waals surface area contributed by atoms with E-state index in [0.29, 0.717) is 5.92 Å². The van der Waals surface area contributed by atoms with Crippen LogP contribution in [0.15, 0.2) is 42.5 Å². The summed E-state index contributed by atoms with van der Waals surface area (Å²) < 4.78 is 5.80. The molecule has 3 heteroatoms. The van der Waals surface area contributed by atoms with Crippen LogP contribution in [0.2, 0.25) is 5.02 Å². The van der Waals surface area contributed by atoms with Crippen molar-refractivity contribution in [2.75, 3.05) is 20.7 Å². The van der Waals surface area contributed by atoms with Crippen LogP contribution in [0.5, 0.6) is 0 Å². The Morgan fingerprint density at radius 2 is 2.00 bits per heavy atom. The number of halogens is 1. The second kappa shape index (κ2) is 6.18. The molecule has 126 valence electrons. The van der Waals surface area contributed by atoms with Crippen LogP contribution in [0.3, 0.4) is 0 Å². The molecule has 3 unspecified atom stereocenters. The highest BCUT2D eigenvalue weighted by Gasteiger charge is 2.48. The zero-order valence-electron chi connectivity index (χ0n) is 14.3. The zero-order valence-corrected chi connectivity index (χ0v) is 15.1. The van der Waals surface area contributed by atoms with E-state index in [4.69, 9.17) is 16.3 Å². The van der Waals surface area contributed by atoms with E-state index in [-0.39, 0.29) is 11.5 Å². The predicted octanol–water partition coefficient (Wildman–Crippen LogP) is 4.49. The number of ether oxygens (including phenoxy) is 1. The summed E-state index contributed by atoms with van der Waals surface area (Å²) in [7, 11) is 3.80. The van der Waals surface area contributed by atoms with Crippen LogP contribution >= 0.6 is 11.6 Å². The number of rotatable bonds is 5. The first-order valence-corrected chi connectivity index (χ1v) is 9.14. The molecular formula is C21H24ClNO. The summed E-state index contributed by atoms with van der Waals surface area (Å²) in [6.45, 7) is 0.861. The largest absolute Gasteiger partial charge is 0.380 e. The van der Waals surface area contributed by atoms with Gasteiger partial charge in [-0.25, -0.2) is 0 Å². The van der Waals surface area contributed by atoms with E-state index in [1.165, 1.54) is 35.1 Å². The maximum absolute atomic E-state index is 6.39. The zero-order chi connectivity index (χ0) is 16.7. The summed E-state index contributed by atoms with van der Waals surface area (Å²) in [5.41, 5.74) is 5.88. The molecule has 0 saturated heterocycles. The van der Waals surface area contributed by atoms with Gasteiger partial charge in [-0.1, -0.05) is 41.9 Å². The van der Waals surface area contributed by atoms with Crippen LogP contribution in [0, 0.1) is 0 Å². The average molecular weight is 342 g/mol. The molecule has 3 aliphatic carbocycles. The Labute approximate surface area is 149 Å². The van der Waals surface area contributed by atoms with Gasteiger partial charge < -0.3 is 10.1 Å². The van der Waals surface area contributed by atoms with Crippen molar-refractivity contribution < 1.29 is 4.74 Å². The van der Waals surface area contributed by atoms with Crippen molar-refractivity contribution >= 4 is 11.6 Å². The number of likely N-dealkylation sites (N-methyl/N-ethyl adjacent to an activating group) is 1. The van der Waals surface area contributed by atoms with Gasteiger partial charge in [0.2, 0.25) is 0 Å². The number of benzene rings is 2. The maximum atomic E-state index is 6.39. The molecule has 2 aromatic rings. The third-order valence-electron chi connectivity index (χ3n) is 5.96. The average Bonchev–Trinajstić information content (AvgIpc) is 2.62. The Bertz CT molecular complexity index is 759. The standard InChI is InChI=1S/C21H24ClNO/c1-23-13-15(24-2)12-21-10-9-16(17-5-3-4-6-19(17)21)18-8-7-14(22)11-20(18)21/h3-8,11,15-16,23H,9-10,12-13H2,1-2H3. The highest BCUT2D eigenvalue weighted by Crippen LogP contribution is 2.58. The molecule has 5 rings (SSSR count). The minimum absolute atomic E-state index is 0.0170. The first-order valence-electron chi connectivity index (χ1n) is 8.76. The van der Waals surface area contributed by atoms with Gasteiger partial charge in [-0.2, -0.15) is 0 Å². The van der Waals surface area contributed by atoms with E-state index in [0.717, 1.165) is 18.0 Å². The highest BCUT2D eigenvalue weighted by molar-refractivity contribution is 6.30. The maximum Gasteiger partial charge on any atom is 0.0707 e. The first kappa shape index (κ1) is 16.1. The van der Waals surface area contributed by atoms with Crippen LogP contribution in [0.4, 0.5) is 0 Å². The third kappa shape index (κ3) is 2.32. The summed E-state index contributed by atoms with van der Waals surface area (Å²) in [5.74, 6) is 0.514. The van der Waals surface area contributed by atoms with E-state index in [2.05, 4.69) is 41.7 Å². The molecule has 2 bridgehead atoms. The summed E-state index contributed by atoms with van der Waals surface area (Å²) in [6.07, 6.45) is 3.55. The quantitative estimate of drug-likeness (QED) is 0.865. The lowest BCUT2D eigenvalue weighted by Gasteiger charge is -2.50. The summed E-state index contributed by atoms with van der Waals surface area (Å²) in [5, 5.41) is 4.10. The second-order valence-corrected chi connectivity index (χ2v) is 7.55. The molecule has 0 amide bonds.